The molecule has 0 saturated carbocycles. The van der Waals surface area contributed by atoms with Crippen molar-refractivity contribution in [2.75, 3.05) is 13.2 Å². The summed E-state index contributed by atoms with van der Waals surface area (Å²) in [6, 6.07) is 17.4. The van der Waals surface area contributed by atoms with Crippen molar-refractivity contribution < 1.29 is 9.53 Å². The standard InChI is InChI=1S/C26H29N5O3/c1-3-34-22-14-12-21(13-15-22)30-16-17-31-23(28-29-25(31)26(30)33)10-7-11-24(32)27-18-19(2)20-8-5-4-6-9-20/h4-6,8-9,12-17,19H,3,7,10-11,18H2,1-2H3,(H,27,32)/t19-/m1/s1. The maximum atomic E-state index is 12.9. The number of hydrogen-bond acceptors (Lipinski definition) is 5. The predicted octanol–water partition coefficient (Wildman–Crippen LogP) is 3.52. The van der Waals surface area contributed by atoms with Gasteiger partial charge in [-0.25, -0.2) is 0 Å². The molecule has 4 aromatic rings. The van der Waals surface area contributed by atoms with Crippen LogP contribution in [-0.2, 0) is 11.2 Å². The van der Waals surface area contributed by atoms with Gasteiger partial charge in [-0.2, -0.15) is 0 Å². The Balaban J connectivity index is 1.34. The topological polar surface area (TPSA) is 90.5 Å². The second kappa shape index (κ2) is 10.8. The van der Waals surface area contributed by atoms with Crippen LogP contribution in [0.3, 0.4) is 0 Å². The molecule has 0 bridgehead atoms. The van der Waals surface area contributed by atoms with E-state index in [-0.39, 0.29) is 23.0 Å². The van der Waals surface area contributed by atoms with Gasteiger partial charge in [0.2, 0.25) is 11.6 Å². The lowest BCUT2D eigenvalue weighted by molar-refractivity contribution is -0.121. The van der Waals surface area contributed by atoms with Crippen LogP contribution in [0.5, 0.6) is 5.75 Å². The minimum atomic E-state index is -0.252. The lowest BCUT2D eigenvalue weighted by Gasteiger charge is -2.13. The van der Waals surface area contributed by atoms with Gasteiger partial charge in [0.1, 0.15) is 11.6 Å². The molecule has 0 aliphatic heterocycles. The van der Waals surface area contributed by atoms with Gasteiger partial charge in [-0.05, 0) is 49.1 Å². The Morgan fingerprint density at radius 1 is 1.06 bits per heavy atom. The Hall–Kier alpha value is -3.94. The molecule has 0 unspecified atom stereocenters. The normalized spacial score (nSPS) is 11.9. The maximum Gasteiger partial charge on any atom is 0.300 e. The van der Waals surface area contributed by atoms with E-state index in [1.54, 1.807) is 16.8 Å². The average Bonchev–Trinajstić information content (AvgIpc) is 3.28. The highest BCUT2D eigenvalue weighted by molar-refractivity contribution is 5.75. The molecule has 0 radical (unpaired) electrons. The van der Waals surface area contributed by atoms with Crippen LogP contribution in [0.15, 0.2) is 71.8 Å². The van der Waals surface area contributed by atoms with E-state index < -0.39 is 0 Å². The van der Waals surface area contributed by atoms with E-state index >= 15 is 0 Å². The molecule has 34 heavy (non-hydrogen) atoms. The molecule has 1 atom stereocenters. The van der Waals surface area contributed by atoms with E-state index in [0.29, 0.717) is 38.2 Å². The molecular formula is C26H29N5O3. The molecule has 2 aromatic carbocycles. The molecule has 0 aliphatic rings. The second-order valence-electron chi connectivity index (χ2n) is 8.18. The first-order chi connectivity index (χ1) is 16.6. The zero-order chi connectivity index (χ0) is 23.9. The smallest absolute Gasteiger partial charge is 0.300 e. The molecule has 0 aliphatic carbocycles. The van der Waals surface area contributed by atoms with Crippen molar-refractivity contribution in [3.63, 3.8) is 0 Å². The van der Waals surface area contributed by atoms with Crippen LogP contribution in [0.25, 0.3) is 11.3 Å². The van der Waals surface area contributed by atoms with Crippen molar-refractivity contribution in [2.24, 2.45) is 0 Å². The van der Waals surface area contributed by atoms with Gasteiger partial charge in [-0.15, -0.1) is 10.2 Å². The summed E-state index contributed by atoms with van der Waals surface area (Å²) in [6.45, 7) is 5.20. The highest BCUT2D eigenvalue weighted by Crippen LogP contribution is 2.15. The number of aromatic nitrogens is 4. The Morgan fingerprint density at radius 3 is 2.56 bits per heavy atom. The molecule has 0 spiro atoms. The van der Waals surface area contributed by atoms with Gasteiger partial charge in [-0.1, -0.05) is 37.3 Å². The fraction of sp³-hybridized carbons (Fsp3) is 0.308. The molecule has 4 rings (SSSR count). The molecule has 0 saturated heterocycles. The molecule has 176 valence electrons. The Kier molecular flexibility index (Phi) is 7.37. The van der Waals surface area contributed by atoms with Crippen LogP contribution < -0.4 is 15.6 Å². The number of ether oxygens (including phenoxy) is 1. The number of rotatable bonds is 10. The number of nitrogens with zero attached hydrogens (tertiary/aromatic N) is 4. The van der Waals surface area contributed by atoms with Crippen molar-refractivity contribution in [3.8, 4) is 11.4 Å². The largest absolute Gasteiger partial charge is 0.494 e. The van der Waals surface area contributed by atoms with E-state index in [1.165, 1.54) is 10.1 Å². The zero-order valence-corrected chi connectivity index (χ0v) is 19.5. The molecular weight excluding hydrogens is 430 g/mol. The minimum absolute atomic E-state index is 0.00876. The van der Waals surface area contributed by atoms with E-state index in [2.05, 4.69) is 34.6 Å². The van der Waals surface area contributed by atoms with Crippen LogP contribution in [0, 0.1) is 0 Å². The summed E-state index contributed by atoms with van der Waals surface area (Å²) >= 11 is 0. The van der Waals surface area contributed by atoms with E-state index in [9.17, 15) is 9.59 Å². The summed E-state index contributed by atoms with van der Waals surface area (Å²) in [6.07, 6.45) is 5.04. The summed E-state index contributed by atoms with van der Waals surface area (Å²) in [7, 11) is 0. The fourth-order valence-electron chi connectivity index (χ4n) is 3.84. The Labute approximate surface area is 198 Å². The van der Waals surface area contributed by atoms with Crippen LogP contribution in [-0.4, -0.2) is 38.2 Å². The second-order valence-corrected chi connectivity index (χ2v) is 8.18. The number of nitrogens with one attached hydrogen (secondary N) is 1. The fourth-order valence-corrected chi connectivity index (χ4v) is 3.84. The van der Waals surface area contributed by atoms with Gasteiger partial charge in [0.25, 0.3) is 0 Å². The van der Waals surface area contributed by atoms with Crippen LogP contribution in [0.1, 0.15) is 44.0 Å². The lowest BCUT2D eigenvalue weighted by atomic mass is 10.0. The molecule has 0 fully saturated rings. The minimum Gasteiger partial charge on any atom is -0.494 e. The van der Waals surface area contributed by atoms with E-state index in [1.807, 2.05) is 49.4 Å². The zero-order valence-electron chi connectivity index (χ0n) is 19.5. The first-order valence-corrected chi connectivity index (χ1v) is 11.6. The Morgan fingerprint density at radius 2 is 1.82 bits per heavy atom. The number of carbonyl (C=O) groups is 1. The maximum absolute atomic E-state index is 12.9. The highest BCUT2D eigenvalue weighted by Gasteiger charge is 2.13. The van der Waals surface area contributed by atoms with E-state index in [4.69, 9.17) is 4.74 Å². The third-order valence-corrected chi connectivity index (χ3v) is 5.75. The SMILES string of the molecule is CCOc1ccc(-n2ccn3c(CCCC(=O)NC[C@@H](C)c4ccccc4)nnc3c2=O)cc1. The summed E-state index contributed by atoms with van der Waals surface area (Å²) < 4.78 is 8.69. The predicted molar refractivity (Wildman–Crippen MR) is 131 cm³/mol. The van der Waals surface area contributed by atoms with Crippen molar-refractivity contribution in [3.05, 3.63) is 88.7 Å². The lowest BCUT2D eigenvalue weighted by Crippen LogP contribution is -2.27. The van der Waals surface area contributed by atoms with Gasteiger partial charge in [-0.3, -0.25) is 18.6 Å². The van der Waals surface area contributed by atoms with Crippen LogP contribution >= 0.6 is 0 Å². The number of carbonyl (C=O) groups excluding carboxylic acids is 1. The number of benzene rings is 2. The molecule has 1 N–H and O–H groups in total. The number of hydrogen-bond donors (Lipinski definition) is 1. The van der Waals surface area contributed by atoms with Crippen LogP contribution in [0.2, 0.25) is 0 Å². The average molecular weight is 460 g/mol. The number of fused-ring (bicyclic) bond motifs is 1. The van der Waals surface area contributed by atoms with Crippen molar-refractivity contribution in [1.29, 1.82) is 0 Å². The molecule has 2 aromatic heterocycles. The summed E-state index contributed by atoms with van der Waals surface area (Å²) in [5.41, 5.74) is 1.93. The van der Waals surface area contributed by atoms with Gasteiger partial charge < -0.3 is 10.1 Å². The van der Waals surface area contributed by atoms with Gasteiger partial charge in [0, 0.05) is 37.5 Å². The van der Waals surface area contributed by atoms with Gasteiger partial charge in [0.15, 0.2) is 0 Å². The van der Waals surface area contributed by atoms with Crippen molar-refractivity contribution in [2.45, 2.75) is 39.0 Å². The summed E-state index contributed by atoms with van der Waals surface area (Å²) in [4.78, 5) is 25.2. The first-order valence-electron chi connectivity index (χ1n) is 11.6. The Bertz CT molecular complexity index is 1300. The third kappa shape index (κ3) is 5.33. The summed E-state index contributed by atoms with van der Waals surface area (Å²) in [5, 5.41) is 11.3. The number of amides is 1. The third-order valence-electron chi connectivity index (χ3n) is 5.75. The van der Waals surface area contributed by atoms with Crippen LogP contribution in [0.4, 0.5) is 0 Å². The van der Waals surface area contributed by atoms with Crippen molar-refractivity contribution in [1.82, 2.24) is 24.5 Å². The first kappa shape index (κ1) is 23.2. The highest BCUT2D eigenvalue weighted by atomic mass is 16.5. The van der Waals surface area contributed by atoms with Crippen molar-refractivity contribution >= 4 is 11.6 Å². The van der Waals surface area contributed by atoms with Gasteiger partial charge >= 0.3 is 5.56 Å². The van der Waals surface area contributed by atoms with E-state index in [0.717, 1.165) is 11.4 Å². The number of aryl methyl sites for hydroxylation is 1. The molecule has 8 nitrogen and oxygen atoms in total. The summed E-state index contributed by atoms with van der Waals surface area (Å²) in [5.74, 6) is 1.68. The molecule has 2 heterocycles. The molecule has 1 amide bonds. The quantitative estimate of drug-likeness (QED) is 0.392. The molecule has 8 heteroatoms. The van der Waals surface area contributed by atoms with Gasteiger partial charge in [0.05, 0.1) is 6.61 Å². The monoisotopic (exact) mass is 459 g/mol.